The van der Waals surface area contributed by atoms with Crippen LogP contribution < -0.4 is 19.8 Å². The minimum Gasteiger partial charge on any atom is -0.508 e. The third kappa shape index (κ3) is 5.50. The summed E-state index contributed by atoms with van der Waals surface area (Å²) in [6.07, 6.45) is -4.83. The van der Waals surface area contributed by atoms with Crippen molar-refractivity contribution in [2.24, 2.45) is 5.92 Å². The van der Waals surface area contributed by atoms with Crippen LogP contribution in [0.2, 0.25) is 0 Å². The predicted molar refractivity (Wildman–Crippen MR) is 160 cm³/mol. The highest BCUT2D eigenvalue weighted by Crippen LogP contribution is 2.55. The maximum absolute atomic E-state index is 14.0. The number of phenolic OH excluding ortho intramolecular Hbond substituents is 1. The summed E-state index contributed by atoms with van der Waals surface area (Å²) in [5.41, 5.74) is -0.931. The fourth-order valence-electron chi connectivity index (χ4n) is 5.28. The number of phenols is 1. The third-order valence-electron chi connectivity index (χ3n) is 7.09. The number of alkyl halides is 3. The van der Waals surface area contributed by atoms with Crippen LogP contribution in [0.1, 0.15) is 21.9 Å². The Morgan fingerprint density at radius 1 is 1.05 bits per heavy atom. The van der Waals surface area contributed by atoms with E-state index in [2.05, 4.69) is 26.2 Å². The van der Waals surface area contributed by atoms with E-state index in [9.17, 15) is 37.5 Å². The zero-order valence-electron chi connectivity index (χ0n) is 22.1. The van der Waals surface area contributed by atoms with Crippen molar-refractivity contribution in [3.63, 3.8) is 0 Å². The van der Waals surface area contributed by atoms with Gasteiger partial charge in [-0.1, -0.05) is 51.2 Å². The lowest BCUT2D eigenvalue weighted by atomic mass is 9.82. The Labute approximate surface area is 263 Å². The normalized spacial score (nSPS) is 19.5. The quantitative estimate of drug-likeness (QED) is 0.173. The van der Waals surface area contributed by atoms with Gasteiger partial charge in [-0.25, -0.2) is 4.90 Å². The molecule has 2 unspecified atom stereocenters. The molecule has 3 aromatic carbocycles. The number of H-pyrrole nitrogens is 1. The van der Waals surface area contributed by atoms with Crippen molar-refractivity contribution in [1.29, 1.82) is 0 Å². The Kier molecular flexibility index (Phi) is 7.80. The van der Waals surface area contributed by atoms with Crippen molar-refractivity contribution < 1.29 is 37.4 Å². The number of halogens is 4. The molecular formula is C29H19BrF3N3O6S2. The van der Waals surface area contributed by atoms with E-state index in [0.717, 1.165) is 35.2 Å². The number of hydrogen-bond acceptors (Lipinski definition) is 8. The van der Waals surface area contributed by atoms with Crippen LogP contribution >= 0.6 is 39.0 Å². The number of aromatic hydroxyl groups is 1. The molecule has 1 aromatic heterocycles. The monoisotopic (exact) mass is 705 g/mol. The predicted octanol–water partition coefficient (Wildman–Crippen LogP) is 5.74. The van der Waals surface area contributed by atoms with Gasteiger partial charge in [0.25, 0.3) is 5.91 Å². The molecular weight excluding hydrogens is 687 g/mol. The highest BCUT2D eigenvalue weighted by molar-refractivity contribution is 9.10. The lowest BCUT2D eigenvalue weighted by molar-refractivity contribution is -0.137. The van der Waals surface area contributed by atoms with E-state index in [1.165, 1.54) is 36.4 Å². The Morgan fingerprint density at radius 2 is 1.77 bits per heavy atom. The standard InChI is InChI=1S/C29H19BrF3N3O6S2/c30-13-5-10-19(42-12-20(38)34-14-6-8-15(37)9-7-14)16(11-13)21-22-24(43-25-23(21)44-28(41)35-25)27(40)36(26(22)39)18-4-2-1-3-17(18)29(31,32)33/h1-11,21-22,24,37H,12H2,(H,34,38)(H,35,41)/t21-,22?,24?/m1/s1. The first kappa shape index (κ1) is 30.0. The van der Waals surface area contributed by atoms with E-state index in [-0.39, 0.29) is 11.5 Å². The number of aromatic nitrogens is 1. The lowest BCUT2D eigenvalue weighted by Gasteiger charge is -2.31. The van der Waals surface area contributed by atoms with E-state index in [0.29, 0.717) is 30.5 Å². The molecule has 1 fully saturated rings. The lowest BCUT2D eigenvalue weighted by Crippen LogP contribution is -2.33. The maximum atomic E-state index is 14.0. The number of imide groups is 1. The molecule has 3 heterocycles. The molecule has 2 aliphatic heterocycles. The van der Waals surface area contributed by atoms with Gasteiger partial charge in [0.1, 0.15) is 16.7 Å². The van der Waals surface area contributed by atoms with Crippen LogP contribution in [0, 0.1) is 5.92 Å². The molecule has 226 valence electrons. The molecule has 15 heteroatoms. The van der Waals surface area contributed by atoms with Gasteiger partial charge in [0, 0.05) is 26.5 Å². The average Bonchev–Trinajstić information content (AvgIpc) is 3.47. The van der Waals surface area contributed by atoms with Crippen molar-refractivity contribution in [2.45, 2.75) is 22.4 Å². The van der Waals surface area contributed by atoms with Crippen LogP contribution in [-0.2, 0) is 20.6 Å². The highest BCUT2D eigenvalue weighted by atomic mass is 79.9. The van der Waals surface area contributed by atoms with Gasteiger partial charge >= 0.3 is 11.0 Å². The first-order chi connectivity index (χ1) is 20.9. The SMILES string of the molecule is O=C(COc1ccc(Br)cc1[C@H]1c2sc(=O)[nH]c2SC2C(=O)N(c3ccccc3C(F)(F)F)C(=O)C21)Nc1ccc(O)cc1. The van der Waals surface area contributed by atoms with E-state index in [1.807, 2.05) is 0 Å². The van der Waals surface area contributed by atoms with Crippen molar-refractivity contribution in [3.8, 4) is 11.5 Å². The van der Waals surface area contributed by atoms with Crippen LogP contribution in [-0.4, -0.2) is 39.7 Å². The van der Waals surface area contributed by atoms with Gasteiger partial charge in [0.2, 0.25) is 11.8 Å². The second-order valence-corrected chi connectivity index (χ2v) is 12.9. The van der Waals surface area contributed by atoms with E-state index in [1.54, 1.807) is 18.2 Å². The number of rotatable bonds is 6. The van der Waals surface area contributed by atoms with Gasteiger partial charge in [0.05, 0.1) is 22.2 Å². The summed E-state index contributed by atoms with van der Waals surface area (Å²) >= 11 is 5.16. The first-order valence-electron chi connectivity index (χ1n) is 12.9. The number of nitrogens with one attached hydrogen (secondary N) is 2. The molecule has 0 aliphatic carbocycles. The molecule has 3 amide bonds. The van der Waals surface area contributed by atoms with Crippen molar-refractivity contribution in [3.05, 3.63) is 96.9 Å². The second kappa shape index (κ2) is 11.4. The van der Waals surface area contributed by atoms with Crippen molar-refractivity contribution in [2.75, 3.05) is 16.8 Å². The number of ether oxygens (including phenoxy) is 1. The van der Waals surface area contributed by atoms with Gasteiger partial charge in [0.15, 0.2) is 6.61 Å². The molecule has 0 radical (unpaired) electrons. The smallest absolute Gasteiger partial charge is 0.418 e. The number of thioether (sulfide) groups is 1. The van der Waals surface area contributed by atoms with E-state index >= 15 is 0 Å². The summed E-state index contributed by atoms with van der Waals surface area (Å²) < 4.78 is 48.2. The van der Waals surface area contributed by atoms with Gasteiger partial charge in [-0.3, -0.25) is 19.2 Å². The number of nitrogens with zero attached hydrogens (tertiary/aromatic N) is 1. The van der Waals surface area contributed by atoms with Crippen LogP contribution in [0.3, 0.4) is 0 Å². The Hall–Kier alpha value is -4.08. The summed E-state index contributed by atoms with van der Waals surface area (Å²) in [6.45, 7) is -0.459. The Bertz CT molecular complexity index is 1860. The number of carbonyl (C=O) groups excluding carboxylic acids is 3. The van der Waals surface area contributed by atoms with Gasteiger partial charge in [-0.05, 0) is 54.6 Å². The number of aromatic amines is 1. The topological polar surface area (TPSA) is 129 Å². The molecule has 1 saturated heterocycles. The molecule has 0 bridgehead atoms. The minimum absolute atomic E-state index is 0.0227. The molecule has 0 spiro atoms. The largest absolute Gasteiger partial charge is 0.508 e. The van der Waals surface area contributed by atoms with Crippen molar-refractivity contribution >= 4 is 68.1 Å². The molecule has 3 atom stereocenters. The van der Waals surface area contributed by atoms with Crippen LogP contribution in [0.25, 0.3) is 0 Å². The summed E-state index contributed by atoms with van der Waals surface area (Å²) in [7, 11) is 0. The van der Waals surface area contributed by atoms with Crippen molar-refractivity contribution in [1.82, 2.24) is 4.98 Å². The number of carbonyl (C=O) groups is 3. The highest BCUT2D eigenvalue weighted by Gasteiger charge is 2.57. The first-order valence-corrected chi connectivity index (χ1v) is 15.4. The van der Waals surface area contributed by atoms with Gasteiger partial charge < -0.3 is 20.1 Å². The molecule has 0 saturated carbocycles. The number of anilines is 2. The second-order valence-electron chi connectivity index (χ2n) is 9.84. The number of hydrogen-bond donors (Lipinski definition) is 3. The van der Waals surface area contributed by atoms with Gasteiger partial charge in [-0.15, -0.1) is 0 Å². The number of para-hydroxylation sites is 1. The molecule has 44 heavy (non-hydrogen) atoms. The minimum atomic E-state index is -4.83. The van der Waals surface area contributed by atoms with Crippen LogP contribution in [0.15, 0.2) is 81.0 Å². The van der Waals surface area contributed by atoms with Crippen LogP contribution in [0.5, 0.6) is 11.5 Å². The molecule has 3 N–H and O–H groups in total. The van der Waals surface area contributed by atoms with E-state index in [4.69, 9.17) is 4.74 Å². The molecule has 6 rings (SSSR count). The van der Waals surface area contributed by atoms with Crippen LogP contribution in [0.4, 0.5) is 24.5 Å². The zero-order chi connectivity index (χ0) is 31.3. The number of benzene rings is 3. The maximum Gasteiger partial charge on any atom is 0.418 e. The number of thiazole rings is 1. The fourth-order valence-corrected chi connectivity index (χ4v) is 8.16. The van der Waals surface area contributed by atoms with Gasteiger partial charge in [-0.2, -0.15) is 13.2 Å². The third-order valence-corrected chi connectivity index (χ3v) is 9.99. The Balaban J connectivity index is 1.38. The fraction of sp³-hybridized carbons (Fsp3) is 0.172. The van der Waals surface area contributed by atoms with E-state index < -0.39 is 63.7 Å². The number of fused-ring (bicyclic) bond motifs is 2. The zero-order valence-corrected chi connectivity index (χ0v) is 25.3. The Morgan fingerprint density at radius 3 is 2.50 bits per heavy atom. The summed E-state index contributed by atoms with van der Waals surface area (Å²) in [4.78, 5) is 56.1. The molecule has 2 aliphatic rings. The molecule has 4 aromatic rings. The average molecular weight is 707 g/mol. The summed E-state index contributed by atoms with van der Waals surface area (Å²) in [5, 5.41) is 11.3. The number of amides is 3. The summed E-state index contributed by atoms with van der Waals surface area (Å²) in [6, 6.07) is 15.0. The molecule has 9 nitrogen and oxygen atoms in total. The summed E-state index contributed by atoms with van der Waals surface area (Å²) in [5.74, 6) is -4.18.